The van der Waals surface area contributed by atoms with Crippen LogP contribution in [0.25, 0.3) is 0 Å². The minimum absolute atomic E-state index is 0.0547. The molecule has 1 unspecified atom stereocenters. The van der Waals surface area contributed by atoms with Crippen LogP contribution >= 0.6 is 11.6 Å². The van der Waals surface area contributed by atoms with Gasteiger partial charge in [-0.2, -0.15) is 0 Å². The van der Waals surface area contributed by atoms with Crippen LogP contribution < -0.4 is 4.74 Å². The van der Waals surface area contributed by atoms with E-state index in [1.165, 1.54) is 0 Å². The van der Waals surface area contributed by atoms with Gasteiger partial charge in [-0.1, -0.05) is 31.5 Å². The molecule has 0 aliphatic rings. The Bertz CT molecular complexity index is 416. The van der Waals surface area contributed by atoms with Gasteiger partial charge in [-0.3, -0.25) is 4.79 Å². The maximum Gasteiger partial charge on any atom is 0.303 e. The lowest BCUT2D eigenvalue weighted by atomic mass is 9.87. The lowest BCUT2D eigenvalue weighted by Crippen LogP contribution is -2.09. The zero-order chi connectivity index (χ0) is 13.7. The number of halogens is 1. The molecule has 0 fully saturated rings. The largest absolute Gasteiger partial charge is 0.497 e. The lowest BCUT2D eigenvalue weighted by molar-refractivity contribution is -0.137. The number of ether oxygens (including phenoxy) is 1. The number of carboxylic acids is 1. The quantitative estimate of drug-likeness (QED) is 0.851. The summed E-state index contributed by atoms with van der Waals surface area (Å²) in [5.41, 5.74) is 0.883. The zero-order valence-electron chi connectivity index (χ0n) is 10.9. The van der Waals surface area contributed by atoms with E-state index >= 15 is 0 Å². The Morgan fingerprint density at radius 3 is 2.56 bits per heavy atom. The number of carboxylic acid groups (broad SMARTS) is 1. The summed E-state index contributed by atoms with van der Waals surface area (Å²) < 4.78 is 5.09. The summed E-state index contributed by atoms with van der Waals surface area (Å²) >= 11 is 6.20. The van der Waals surface area contributed by atoms with E-state index in [1.54, 1.807) is 13.2 Å². The molecule has 100 valence electrons. The predicted octanol–water partition coefficient (Wildman–Crippen LogP) is 3.95. The average Bonchev–Trinajstić information content (AvgIpc) is 2.26. The predicted molar refractivity (Wildman–Crippen MR) is 72.5 cm³/mol. The highest BCUT2D eigenvalue weighted by Gasteiger charge is 2.19. The van der Waals surface area contributed by atoms with E-state index in [9.17, 15) is 4.79 Å². The molecule has 0 bridgehead atoms. The number of aliphatic carboxylic acids is 1. The Morgan fingerprint density at radius 1 is 1.44 bits per heavy atom. The summed E-state index contributed by atoms with van der Waals surface area (Å²) in [7, 11) is 1.58. The first kappa shape index (κ1) is 14.8. The van der Waals surface area contributed by atoms with Crippen molar-refractivity contribution < 1.29 is 14.6 Å². The van der Waals surface area contributed by atoms with E-state index in [0.717, 1.165) is 12.0 Å². The second kappa shape index (κ2) is 6.64. The molecule has 3 nitrogen and oxygen atoms in total. The molecular formula is C14H19ClO3. The smallest absolute Gasteiger partial charge is 0.303 e. The normalized spacial score (nSPS) is 12.5. The Morgan fingerprint density at radius 2 is 2.11 bits per heavy atom. The van der Waals surface area contributed by atoms with Crippen molar-refractivity contribution in [3.05, 3.63) is 28.8 Å². The van der Waals surface area contributed by atoms with Gasteiger partial charge in [0.15, 0.2) is 0 Å². The average molecular weight is 271 g/mol. The van der Waals surface area contributed by atoms with E-state index in [4.69, 9.17) is 21.4 Å². The van der Waals surface area contributed by atoms with Crippen LogP contribution in [0, 0.1) is 5.92 Å². The zero-order valence-corrected chi connectivity index (χ0v) is 11.7. The van der Waals surface area contributed by atoms with Gasteiger partial charge in [0, 0.05) is 5.02 Å². The molecular weight excluding hydrogens is 252 g/mol. The number of hydrogen-bond donors (Lipinski definition) is 1. The maximum atomic E-state index is 10.9. The molecule has 1 aromatic carbocycles. The van der Waals surface area contributed by atoms with Crippen LogP contribution in [0.1, 0.15) is 38.2 Å². The first-order valence-electron chi connectivity index (χ1n) is 5.99. The highest BCUT2D eigenvalue weighted by Crippen LogP contribution is 2.34. The Balaban J connectivity index is 3.00. The van der Waals surface area contributed by atoms with Gasteiger partial charge in [0.05, 0.1) is 13.5 Å². The molecule has 1 rings (SSSR count). The van der Waals surface area contributed by atoms with Crippen molar-refractivity contribution >= 4 is 17.6 Å². The topological polar surface area (TPSA) is 46.5 Å². The van der Waals surface area contributed by atoms with Gasteiger partial charge in [-0.05, 0) is 36.0 Å². The molecule has 0 spiro atoms. The molecule has 1 atom stereocenters. The van der Waals surface area contributed by atoms with E-state index in [1.807, 2.05) is 12.1 Å². The number of benzene rings is 1. The SMILES string of the molecule is COc1ccc(C(CC(=O)O)CC(C)C)c(Cl)c1. The third-order valence-electron chi connectivity index (χ3n) is 2.82. The minimum atomic E-state index is -0.799. The monoisotopic (exact) mass is 270 g/mol. The summed E-state index contributed by atoms with van der Waals surface area (Å²) in [4.78, 5) is 10.9. The number of hydrogen-bond acceptors (Lipinski definition) is 2. The second-order valence-corrected chi connectivity index (χ2v) is 5.22. The van der Waals surface area contributed by atoms with Crippen LogP contribution in [0.5, 0.6) is 5.75 Å². The third kappa shape index (κ3) is 4.22. The molecule has 18 heavy (non-hydrogen) atoms. The summed E-state index contributed by atoms with van der Waals surface area (Å²) in [6, 6.07) is 5.40. The molecule has 0 aliphatic carbocycles. The van der Waals surface area contributed by atoms with Crippen molar-refractivity contribution in [1.82, 2.24) is 0 Å². The fourth-order valence-electron chi connectivity index (χ4n) is 2.07. The fourth-order valence-corrected chi connectivity index (χ4v) is 2.39. The number of methoxy groups -OCH3 is 1. The van der Waals surface area contributed by atoms with Crippen molar-refractivity contribution in [2.24, 2.45) is 5.92 Å². The van der Waals surface area contributed by atoms with Crippen LogP contribution in [-0.2, 0) is 4.79 Å². The summed E-state index contributed by atoms with van der Waals surface area (Å²) in [5, 5.41) is 9.55. The Kier molecular flexibility index (Phi) is 5.48. The van der Waals surface area contributed by atoms with Crippen LogP contribution in [-0.4, -0.2) is 18.2 Å². The first-order valence-corrected chi connectivity index (χ1v) is 6.37. The summed E-state index contributed by atoms with van der Waals surface area (Å²) in [5.74, 6) is 0.253. The molecule has 0 radical (unpaired) electrons. The van der Waals surface area contributed by atoms with Crippen LogP contribution in [0.15, 0.2) is 18.2 Å². The van der Waals surface area contributed by atoms with Crippen molar-refractivity contribution in [1.29, 1.82) is 0 Å². The molecule has 4 heteroatoms. The minimum Gasteiger partial charge on any atom is -0.497 e. The van der Waals surface area contributed by atoms with Crippen molar-refractivity contribution in [3.63, 3.8) is 0 Å². The van der Waals surface area contributed by atoms with Crippen molar-refractivity contribution in [2.75, 3.05) is 7.11 Å². The van der Waals surface area contributed by atoms with Crippen molar-refractivity contribution in [2.45, 2.75) is 32.6 Å². The lowest BCUT2D eigenvalue weighted by Gasteiger charge is -2.19. The van der Waals surface area contributed by atoms with E-state index in [2.05, 4.69) is 13.8 Å². The van der Waals surface area contributed by atoms with Gasteiger partial charge in [-0.15, -0.1) is 0 Å². The molecule has 0 aromatic heterocycles. The fraction of sp³-hybridized carbons (Fsp3) is 0.500. The van der Waals surface area contributed by atoms with Gasteiger partial charge >= 0.3 is 5.97 Å². The summed E-state index contributed by atoms with van der Waals surface area (Å²) in [6.07, 6.45) is 0.905. The standard InChI is InChI=1S/C14H19ClO3/c1-9(2)6-10(7-14(16)17)12-5-4-11(18-3)8-13(12)15/h4-5,8-10H,6-7H2,1-3H3,(H,16,17). The van der Waals surface area contributed by atoms with Crippen LogP contribution in [0.3, 0.4) is 0 Å². The van der Waals surface area contributed by atoms with Crippen molar-refractivity contribution in [3.8, 4) is 5.75 Å². The highest BCUT2D eigenvalue weighted by atomic mass is 35.5. The van der Waals surface area contributed by atoms with Gasteiger partial charge in [0.25, 0.3) is 0 Å². The van der Waals surface area contributed by atoms with Gasteiger partial charge < -0.3 is 9.84 Å². The molecule has 1 aromatic rings. The Labute approximate surface area is 113 Å². The highest BCUT2D eigenvalue weighted by molar-refractivity contribution is 6.31. The molecule has 0 heterocycles. The van der Waals surface area contributed by atoms with Crippen LogP contribution in [0.4, 0.5) is 0 Å². The molecule has 0 aliphatic heterocycles. The molecule has 0 amide bonds. The maximum absolute atomic E-state index is 10.9. The molecule has 0 saturated carbocycles. The van der Waals surface area contributed by atoms with E-state index in [0.29, 0.717) is 16.7 Å². The van der Waals surface area contributed by atoms with Gasteiger partial charge in [-0.25, -0.2) is 0 Å². The first-order chi connectivity index (χ1) is 8.43. The Hall–Kier alpha value is -1.22. The number of rotatable bonds is 6. The number of carbonyl (C=O) groups is 1. The molecule has 1 N–H and O–H groups in total. The van der Waals surface area contributed by atoms with Gasteiger partial charge in [0.1, 0.15) is 5.75 Å². The summed E-state index contributed by atoms with van der Waals surface area (Å²) in [6.45, 7) is 4.15. The molecule has 0 saturated heterocycles. The van der Waals surface area contributed by atoms with E-state index in [-0.39, 0.29) is 12.3 Å². The second-order valence-electron chi connectivity index (χ2n) is 4.81. The van der Waals surface area contributed by atoms with Gasteiger partial charge in [0.2, 0.25) is 0 Å². The van der Waals surface area contributed by atoms with Crippen LogP contribution in [0.2, 0.25) is 5.02 Å². The van der Waals surface area contributed by atoms with E-state index < -0.39 is 5.97 Å². The third-order valence-corrected chi connectivity index (χ3v) is 3.15.